The maximum atomic E-state index is 14.8. The number of nitrogen functional groups attached to an aromatic ring is 1. The second-order valence-electron chi connectivity index (χ2n) is 7.93. The minimum Gasteiger partial charge on any atom is -0.383 e. The molecule has 1 aromatic heterocycles. The molecular weight excluding hydrogens is 405 g/mol. The highest BCUT2D eigenvalue weighted by atomic mass is 19.1. The molecule has 9 heteroatoms. The van der Waals surface area contributed by atoms with Crippen molar-refractivity contribution < 1.29 is 23.3 Å². The third-order valence-electron chi connectivity index (χ3n) is 5.44. The van der Waals surface area contributed by atoms with E-state index in [-0.39, 0.29) is 12.4 Å². The number of ether oxygens (including phenoxy) is 4. The standard InChI is InChI=1S/C22H38FN3O5/c1-4-7-12-28-15-17-19(29-13-8-5-2)22(16-23,30-14-9-6-3)20(31-17)26-11-10-18(24)25-21(26)27/h10-11,17,19-20H,4-9,12-16H2,1-3H3,(H2,24,25,27)/t17-,19-,20-,22-/m1/s1. The van der Waals surface area contributed by atoms with Gasteiger partial charge in [-0.2, -0.15) is 4.98 Å². The third-order valence-corrected chi connectivity index (χ3v) is 5.44. The van der Waals surface area contributed by atoms with Crippen molar-refractivity contribution >= 4 is 5.82 Å². The molecule has 1 saturated heterocycles. The van der Waals surface area contributed by atoms with Gasteiger partial charge in [-0.1, -0.05) is 40.0 Å². The zero-order chi connectivity index (χ0) is 22.7. The molecule has 0 aliphatic carbocycles. The van der Waals surface area contributed by atoms with Crippen LogP contribution in [0.15, 0.2) is 17.1 Å². The van der Waals surface area contributed by atoms with Gasteiger partial charge in [-0.05, 0) is 25.3 Å². The van der Waals surface area contributed by atoms with Crippen LogP contribution in [-0.4, -0.2) is 60.5 Å². The number of nitrogens with two attached hydrogens (primary N) is 1. The van der Waals surface area contributed by atoms with Gasteiger partial charge in [0, 0.05) is 26.0 Å². The van der Waals surface area contributed by atoms with Gasteiger partial charge in [0.25, 0.3) is 0 Å². The van der Waals surface area contributed by atoms with Crippen LogP contribution in [-0.2, 0) is 18.9 Å². The first-order valence-corrected chi connectivity index (χ1v) is 11.4. The molecule has 31 heavy (non-hydrogen) atoms. The van der Waals surface area contributed by atoms with Crippen LogP contribution in [0, 0.1) is 0 Å². The van der Waals surface area contributed by atoms with E-state index in [4.69, 9.17) is 24.7 Å². The van der Waals surface area contributed by atoms with Gasteiger partial charge in [-0.25, -0.2) is 9.18 Å². The zero-order valence-electron chi connectivity index (χ0n) is 19.1. The van der Waals surface area contributed by atoms with E-state index in [9.17, 15) is 9.18 Å². The molecule has 2 N–H and O–H groups in total. The number of hydrogen-bond acceptors (Lipinski definition) is 7. The molecule has 2 heterocycles. The molecule has 0 aromatic carbocycles. The molecule has 0 unspecified atom stereocenters. The smallest absolute Gasteiger partial charge is 0.351 e. The van der Waals surface area contributed by atoms with Crippen LogP contribution in [0.25, 0.3) is 0 Å². The minimum atomic E-state index is -1.48. The Bertz CT molecular complexity index is 704. The largest absolute Gasteiger partial charge is 0.383 e. The molecule has 0 bridgehead atoms. The van der Waals surface area contributed by atoms with E-state index in [0.717, 1.165) is 38.5 Å². The van der Waals surface area contributed by atoms with E-state index in [0.29, 0.717) is 19.8 Å². The monoisotopic (exact) mass is 443 g/mol. The molecule has 1 fully saturated rings. The first-order valence-electron chi connectivity index (χ1n) is 11.4. The van der Waals surface area contributed by atoms with Gasteiger partial charge >= 0.3 is 5.69 Å². The molecule has 178 valence electrons. The SMILES string of the molecule is CCCCOC[C@H]1O[C@@H](n2ccc(N)nc2=O)[C@](CF)(OCCCC)[C@@H]1OCCCC. The van der Waals surface area contributed by atoms with Gasteiger partial charge in [0.15, 0.2) is 11.8 Å². The van der Waals surface area contributed by atoms with Gasteiger partial charge in [-0.3, -0.25) is 4.57 Å². The highest BCUT2D eigenvalue weighted by molar-refractivity contribution is 5.24. The van der Waals surface area contributed by atoms with Crippen molar-refractivity contribution in [2.45, 2.75) is 83.3 Å². The lowest BCUT2D eigenvalue weighted by Gasteiger charge is -2.36. The maximum Gasteiger partial charge on any atom is 0.351 e. The molecule has 1 aliphatic rings. The van der Waals surface area contributed by atoms with Crippen LogP contribution in [0.2, 0.25) is 0 Å². The summed E-state index contributed by atoms with van der Waals surface area (Å²) >= 11 is 0. The van der Waals surface area contributed by atoms with Crippen LogP contribution >= 0.6 is 0 Å². The second-order valence-corrected chi connectivity index (χ2v) is 7.93. The van der Waals surface area contributed by atoms with Gasteiger partial charge in [0.05, 0.1) is 6.61 Å². The fourth-order valence-corrected chi connectivity index (χ4v) is 3.63. The maximum absolute atomic E-state index is 14.8. The Hall–Kier alpha value is -1.55. The molecular formula is C22H38FN3O5. The van der Waals surface area contributed by atoms with Crippen molar-refractivity contribution in [1.29, 1.82) is 0 Å². The fourth-order valence-electron chi connectivity index (χ4n) is 3.63. The van der Waals surface area contributed by atoms with E-state index in [2.05, 4.69) is 18.8 Å². The number of unbranched alkanes of at least 4 members (excludes halogenated alkanes) is 3. The normalized spacial score (nSPS) is 25.9. The summed E-state index contributed by atoms with van der Waals surface area (Å²) in [6.07, 6.45) is 4.45. The quantitative estimate of drug-likeness (QED) is 0.416. The molecule has 0 radical (unpaired) electrons. The Morgan fingerprint density at radius 3 is 2.48 bits per heavy atom. The second kappa shape index (κ2) is 13.1. The lowest BCUT2D eigenvalue weighted by molar-refractivity contribution is -0.172. The molecule has 1 aromatic rings. The highest BCUT2D eigenvalue weighted by Crippen LogP contribution is 2.43. The Morgan fingerprint density at radius 2 is 1.84 bits per heavy atom. The van der Waals surface area contributed by atoms with Crippen molar-refractivity contribution in [3.05, 3.63) is 22.7 Å². The van der Waals surface area contributed by atoms with Crippen LogP contribution in [0.3, 0.4) is 0 Å². The molecule has 1 aliphatic heterocycles. The highest BCUT2D eigenvalue weighted by Gasteiger charge is 2.60. The Labute approximate surface area is 184 Å². The van der Waals surface area contributed by atoms with E-state index in [1.54, 1.807) is 0 Å². The van der Waals surface area contributed by atoms with Crippen molar-refractivity contribution in [3.8, 4) is 0 Å². The first kappa shape index (κ1) is 25.7. The summed E-state index contributed by atoms with van der Waals surface area (Å²) in [5, 5.41) is 0. The van der Waals surface area contributed by atoms with Crippen LogP contribution in [0.5, 0.6) is 0 Å². The molecule has 2 rings (SSSR count). The predicted octanol–water partition coefficient (Wildman–Crippen LogP) is 3.25. The van der Waals surface area contributed by atoms with E-state index in [1.807, 2.05) is 6.92 Å². The molecule has 0 amide bonds. The van der Waals surface area contributed by atoms with Gasteiger partial charge in [0.1, 0.15) is 24.7 Å². The number of nitrogens with zero attached hydrogens (tertiary/aromatic N) is 2. The zero-order valence-corrected chi connectivity index (χ0v) is 19.1. The minimum absolute atomic E-state index is 0.0900. The average Bonchev–Trinajstić information content (AvgIpc) is 3.05. The van der Waals surface area contributed by atoms with Gasteiger partial charge in [0.2, 0.25) is 0 Å². The van der Waals surface area contributed by atoms with E-state index in [1.165, 1.54) is 16.8 Å². The van der Waals surface area contributed by atoms with Crippen LogP contribution in [0.1, 0.15) is 65.5 Å². The predicted molar refractivity (Wildman–Crippen MR) is 117 cm³/mol. The molecule has 0 saturated carbocycles. The van der Waals surface area contributed by atoms with Crippen molar-refractivity contribution in [2.24, 2.45) is 0 Å². The van der Waals surface area contributed by atoms with Crippen LogP contribution < -0.4 is 11.4 Å². The number of alkyl halides is 1. The molecule has 8 nitrogen and oxygen atoms in total. The fraction of sp³-hybridized carbons (Fsp3) is 0.818. The van der Waals surface area contributed by atoms with Crippen LogP contribution in [0.4, 0.5) is 10.2 Å². The Balaban J connectivity index is 2.39. The number of rotatable bonds is 15. The van der Waals surface area contributed by atoms with Crippen molar-refractivity contribution in [1.82, 2.24) is 9.55 Å². The summed E-state index contributed by atoms with van der Waals surface area (Å²) in [6.45, 7) is 6.86. The summed E-state index contributed by atoms with van der Waals surface area (Å²) in [4.78, 5) is 16.4. The Morgan fingerprint density at radius 1 is 1.16 bits per heavy atom. The number of anilines is 1. The molecule has 4 atom stereocenters. The van der Waals surface area contributed by atoms with Gasteiger partial charge in [-0.15, -0.1) is 0 Å². The Kier molecular flexibility index (Phi) is 10.9. The molecule has 0 spiro atoms. The van der Waals surface area contributed by atoms with E-state index < -0.39 is 36.4 Å². The summed E-state index contributed by atoms with van der Waals surface area (Å²) in [5.41, 5.74) is 3.53. The summed E-state index contributed by atoms with van der Waals surface area (Å²) in [7, 11) is 0. The summed E-state index contributed by atoms with van der Waals surface area (Å²) in [6, 6.07) is 1.48. The summed E-state index contributed by atoms with van der Waals surface area (Å²) < 4.78 is 40.3. The van der Waals surface area contributed by atoms with E-state index >= 15 is 0 Å². The average molecular weight is 444 g/mol. The number of aromatic nitrogens is 2. The number of halogens is 1. The van der Waals surface area contributed by atoms with Crippen molar-refractivity contribution in [3.63, 3.8) is 0 Å². The lowest BCUT2D eigenvalue weighted by Crippen LogP contribution is -2.54. The van der Waals surface area contributed by atoms with Gasteiger partial charge < -0.3 is 24.7 Å². The third kappa shape index (κ3) is 6.47. The first-order chi connectivity index (χ1) is 15.0. The number of hydrogen-bond donors (Lipinski definition) is 1. The van der Waals surface area contributed by atoms with Crippen molar-refractivity contribution in [2.75, 3.05) is 38.8 Å². The lowest BCUT2D eigenvalue weighted by atomic mass is 9.94. The summed E-state index contributed by atoms with van der Waals surface area (Å²) in [5.74, 6) is 0.0900. The topological polar surface area (TPSA) is 97.8 Å².